The lowest BCUT2D eigenvalue weighted by molar-refractivity contribution is -0.386. The predicted octanol–water partition coefficient (Wildman–Crippen LogP) is 1.44. The molecule has 2 rings (SSSR count). The van der Waals surface area contributed by atoms with E-state index in [1.165, 1.54) is 11.6 Å². The standard InChI is InChI=1S/C13H19FN4O6/c1-8-11(18(21)22)12(24-4-2-3-15-13(19)20)16-17(8)10-5-9(14)6-23-7-10/h9-10,15H,2-7H2,1H3,(H,19,20). The zero-order valence-corrected chi connectivity index (χ0v) is 13.1. The molecule has 2 heterocycles. The van der Waals surface area contributed by atoms with Crippen LogP contribution in [0.4, 0.5) is 14.9 Å². The average Bonchev–Trinajstić information content (AvgIpc) is 2.83. The molecule has 1 aromatic rings. The van der Waals surface area contributed by atoms with Gasteiger partial charge in [0.15, 0.2) is 0 Å². The lowest BCUT2D eigenvalue weighted by Crippen LogP contribution is -2.30. The summed E-state index contributed by atoms with van der Waals surface area (Å²) in [5, 5.41) is 26.0. The van der Waals surface area contributed by atoms with Crippen molar-refractivity contribution in [3.05, 3.63) is 15.8 Å². The second-order valence-electron chi connectivity index (χ2n) is 5.40. The quantitative estimate of drug-likeness (QED) is 0.434. The molecule has 2 atom stereocenters. The van der Waals surface area contributed by atoms with E-state index in [1.807, 2.05) is 0 Å². The Labute approximate surface area is 136 Å². The zero-order chi connectivity index (χ0) is 17.7. The Morgan fingerprint density at radius 2 is 2.38 bits per heavy atom. The minimum atomic E-state index is -1.15. The van der Waals surface area contributed by atoms with Gasteiger partial charge in [-0.15, -0.1) is 5.10 Å². The third-order valence-corrected chi connectivity index (χ3v) is 3.59. The summed E-state index contributed by atoms with van der Waals surface area (Å²) in [6.07, 6.45) is -1.80. The second kappa shape index (κ2) is 7.90. The Hall–Kier alpha value is -2.43. The molecule has 1 fully saturated rings. The number of nitro groups is 1. The normalized spacial score (nSPS) is 20.6. The van der Waals surface area contributed by atoms with Gasteiger partial charge < -0.3 is 19.9 Å². The van der Waals surface area contributed by atoms with Crippen LogP contribution in [0.1, 0.15) is 24.6 Å². The first-order valence-electron chi connectivity index (χ1n) is 7.45. The van der Waals surface area contributed by atoms with Gasteiger partial charge in [0.2, 0.25) is 0 Å². The number of amides is 1. The molecule has 11 heteroatoms. The summed E-state index contributed by atoms with van der Waals surface area (Å²) in [6.45, 7) is 1.97. The van der Waals surface area contributed by atoms with Crippen molar-refractivity contribution in [1.29, 1.82) is 0 Å². The third kappa shape index (κ3) is 4.31. The summed E-state index contributed by atoms with van der Waals surface area (Å²) in [5.74, 6) is -0.159. The van der Waals surface area contributed by atoms with Crippen molar-refractivity contribution in [3.63, 3.8) is 0 Å². The van der Waals surface area contributed by atoms with Gasteiger partial charge in [0.1, 0.15) is 11.9 Å². The van der Waals surface area contributed by atoms with Gasteiger partial charge in [0.25, 0.3) is 0 Å². The first-order chi connectivity index (χ1) is 11.4. The van der Waals surface area contributed by atoms with Crippen LogP contribution in [-0.2, 0) is 4.74 Å². The molecule has 2 unspecified atom stereocenters. The van der Waals surface area contributed by atoms with Gasteiger partial charge in [-0.05, 0) is 13.3 Å². The van der Waals surface area contributed by atoms with Gasteiger partial charge in [-0.2, -0.15) is 0 Å². The van der Waals surface area contributed by atoms with Crippen LogP contribution in [-0.4, -0.2) is 58.4 Å². The first-order valence-corrected chi connectivity index (χ1v) is 7.45. The van der Waals surface area contributed by atoms with Crippen molar-refractivity contribution >= 4 is 11.8 Å². The molecule has 0 radical (unpaired) electrons. The number of alkyl halides is 1. The summed E-state index contributed by atoms with van der Waals surface area (Å²) < 4.78 is 25.3. The van der Waals surface area contributed by atoms with E-state index in [4.69, 9.17) is 14.6 Å². The van der Waals surface area contributed by atoms with Crippen LogP contribution in [0.5, 0.6) is 5.88 Å². The van der Waals surface area contributed by atoms with E-state index in [2.05, 4.69) is 10.4 Å². The number of hydrogen-bond donors (Lipinski definition) is 2. The molecule has 2 N–H and O–H groups in total. The van der Waals surface area contributed by atoms with Crippen molar-refractivity contribution in [3.8, 4) is 5.88 Å². The fourth-order valence-corrected chi connectivity index (χ4v) is 2.52. The second-order valence-corrected chi connectivity index (χ2v) is 5.40. The van der Waals surface area contributed by atoms with E-state index in [9.17, 15) is 19.3 Å². The van der Waals surface area contributed by atoms with Gasteiger partial charge in [0.05, 0.1) is 30.8 Å². The Bertz CT molecular complexity index is 608. The van der Waals surface area contributed by atoms with E-state index in [-0.39, 0.29) is 50.0 Å². The summed E-state index contributed by atoms with van der Waals surface area (Å²) >= 11 is 0. The molecule has 0 aromatic carbocycles. The molecule has 134 valence electrons. The van der Waals surface area contributed by atoms with Crippen molar-refractivity contribution in [2.45, 2.75) is 32.0 Å². The molecule has 1 saturated heterocycles. The van der Waals surface area contributed by atoms with Crippen LogP contribution in [0.3, 0.4) is 0 Å². The summed E-state index contributed by atoms with van der Waals surface area (Å²) in [6, 6.07) is -0.432. The molecule has 1 aliphatic heterocycles. The molecule has 0 spiro atoms. The Balaban J connectivity index is 2.08. The van der Waals surface area contributed by atoms with Crippen LogP contribution in [0.15, 0.2) is 0 Å². The van der Waals surface area contributed by atoms with E-state index < -0.39 is 23.2 Å². The zero-order valence-electron chi connectivity index (χ0n) is 13.1. The van der Waals surface area contributed by atoms with Crippen LogP contribution < -0.4 is 10.1 Å². The summed E-state index contributed by atoms with van der Waals surface area (Å²) in [7, 11) is 0. The average molecular weight is 346 g/mol. The molecule has 24 heavy (non-hydrogen) atoms. The van der Waals surface area contributed by atoms with Gasteiger partial charge in [-0.3, -0.25) is 14.8 Å². The fourth-order valence-electron chi connectivity index (χ4n) is 2.52. The highest BCUT2D eigenvalue weighted by Crippen LogP contribution is 2.33. The van der Waals surface area contributed by atoms with Gasteiger partial charge in [-0.25, -0.2) is 9.18 Å². The first kappa shape index (κ1) is 17.9. The van der Waals surface area contributed by atoms with E-state index in [0.717, 1.165) is 0 Å². The molecule has 1 aliphatic rings. The lowest BCUT2D eigenvalue weighted by atomic mass is 10.1. The molecule has 0 saturated carbocycles. The van der Waals surface area contributed by atoms with Crippen molar-refractivity contribution < 1.29 is 28.7 Å². The fraction of sp³-hybridized carbons (Fsp3) is 0.692. The SMILES string of the molecule is Cc1c([N+](=O)[O-])c(OCCCNC(=O)O)nn1C1COCC(F)C1. The topological polar surface area (TPSA) is 129 Å². The number of nitrogens with zero attached hydrogens (tertiary/aromatic N) is 3. The smallest absolute Gasteiger partial charge is 0.404 e. The minimum absolute atomic E-state index is 0.0127. The van der Waals surface area contributed by atoms with Gasteiger partial charge in [0, 0.05) is 13.0 Å². The molecular weight excluding hydrogens is 327 g/mol. The lowest BCUT2D eigenvalue weighted by Gasteiger charge is -2.25. The molecule has 1 amide bonds. The number of halogens is 1. The highest BCUT2D eigenvalue weighted by molar-refractivity contribution is 5.64. The van der Waals surface area contributed by atoms with Crippen LogP contribution in [0.2, 0.25) is 0 Å². The maximum atomic E-state index is 13.5. The number of carboxylic acid groups (broad SMARTS) is 1. The third-order valence-electron chi connectivity index (χ3n) is 3.59. The summed E-state index contributed by atoms with van der Waals surface area (Å²) in [5.41, 5.74) is -0.0106. The van der Waals surface area contributed by atoms with E-state index in [1.54, 1.807) is 0 Å². The monoisotopic (exact) mass is 346 g/mol. The highest BCUT2D eigenvalue weighted by atomic mass is 19.1. The number of rotatable bonds is 7. The largest absolute Gasteiger partial charge is 0.472 e. The number of carbonyl (C=O) groups is 1. The van der Waals surface area contributed by atoms with E-state index in [0.29, 0.717) is 6.42 Å². The number of aromatic nitrogens is 2. The molecule has 1 aromatic heterocycles. The van der Waals surface area contributed by atoms with Gasteiger partial charge in [-0.1, -0.05) is 0 Å². The maximum absolute atomic E-state index is 13.5. The Morgan fingerprint density at radius 1 is 1.62 bits per heavy atom. The predicted molar refractivity (Wildman–Crippen MR) is 79.1 cm³/mol. The Morgan fingerprint density at radius 3 is 3.00 bits per heavy atom. The van der Waals surface area contributed by atoms with Crippen molar-refractivity contribution in [2.75, 3.05) is 26.4 Å². The maximum Gasteiger partial charge on any atom is 0.404 e. The molecule has 0 aliphatic carbocycles. The minimum Gasteiger partial charge on any atom is -0.472 e. The van der Waals surface area contributed by atoms with Crippen LogP contribution in [0.25, 0.3) is 0 Å². The highest BCUT2D eigenvalue weighted by Gasteiger charge is 2.32. The number of nitrogens with one attached hydrogen (secondary N) is 1. The number of ether oxygens (including phenoxy) is 2. The molecular formula is C13H19FN4O6. The van der Waals surface area contributed by atoms with Gasteiger partial charge >= 0.3 is 17.7 Å². The van der Waals surface area contributed by atoms with Crippen molar-refractivity contribution in [2.24, 2.45) is 0 Å². The summed E-state index contributed by atoms with van der Waals surface area (Å²) in [4.78, 5) is 21.0. The van der Waals surface area contributed by atoms with Crippen LogP contribution >= 0.6 is 0 Å². The van der Waals surface area contributed by atoms with E-state index >= 15 is 0 Å². The Kier molecular flexibility index (Phi) is 5.90. The van der Waals surface area contributed by atoms with Crippen LogP contribution in [0, 0.1) is 17.0 Å². The van der Waals surface area contributed by atoms with Crippen molar-refractivity contribution in [1.82, 2.24) is 15.1 Å². The number of hydrogen-bond acceptors (Lipinski definition) is 6. The molecule has 10 nitrogen and oxygen atoms in total. The molecule has 0 bridgehead atoms.